The predicted molar refractivity (Wildman–Crippen MR) is 43.7 cm³/mol. The molecule has 0 heterocycles. The molecule has 0 atom stereocenters. The zero-order valence-corrected chi connectivity index (χ0v) is 6.88. The topological polar surface area (TPSA) is 29.5 Å². The number of ether oxygens (including phenoxy) is 1. The minimum Gasteiger partial charge on any atom is -0.488 e. The molecule has 1 aromatic carbocycles. The van der Waals surface area contributed by atoms with Gasteiger partial charge in [0, 0.05) is 0 Å². The first-order valence-electron chi connectivity index (χ1n) is 3.74. The highest BCUT2D eigenvalue weighted by molar-refractivity contribution is 5.33. The smallest absolute Gasteiger partial charge is 0.165 e. The summed E-state index contributed by atoms with van der Waals surface area (Å²) in [6.07, 6.45) is 0. The average molecular weight is 170 g/mol. The van der Waals surface area contributed by atoms with Gasteiger partial charge in [0.25, 0.3) is 0 Å². The Labute approximate surface area is 70.6 Å². The lowest BCUT2D eigenvalue weighted by Gasteiger charge is -2.07. The van der Waals surface area contributed by atoms with Crippen molar-refractivity contribution in [3.05, 3.63) is 29.6 Å². The molecule has 1 rings (SSSR count). The molecule has 0 bridgehead atoms. The van der Waals surface area contributed by atoms with Crippen LogP contribution in [0.1, 0.15) is 5.56 Å². The maximum absolute atomic E-state index is 13.0. The van der Waals surface area contributed by atoms with E-state index in [9.17, 15) is 4.39 Å². The highest BCUT2D eigenvalue weighted by atomic mass is 19.1. The van der Waals surface area contributed by atoms with Crippen LogP contribution in [0.15, 0.2) is 18.2 Å². The van der Waals surface area contributed by atoms with Gasteiger partial charge in [0.1, 0.15) is 6.61 Å². The molecule has 3 heteroatoms. The van der Waals surface area contributed by atoms with Crippen LogP contribution in [-0.2, 0) is 0 Å². The molecule has 0 aromatic heterocycles. The van der Waals surface area contributed by atoms with E-state index in [1.54, 1.807) is 19.1 Å². The molecule has 2 nitrogen and oxygen atoms in total. The van der Waals surface area contributed by atoms with Crippen molar-refractivity contribution >= 4 is 0 Å². The number of hydrogen-bond donors (Lipinski definition) is 1. The van der Waals surface area contributed by atoms with Gasteiger partial charge in [-0.05, 0) is 18.6 Å². The van der Waals surface area contributed by atoms with Gasteiger partial charge >= 0.3 is 0 Å². The Hall–Kier alpha value is -1.09. The summed E-state index contributed by atoms with van der Waals surface area (Å²) in [6, 6.07) is 4.71. The van der Waals surface area contributed by atoms with Gasteiger partial charge < -0.3 is 9.84 Å². The number of para-hydroxylation sites is 1. The predicted octanol–water partition coefficient (Wildman–Crippen LogP) is 1.51. The molecule has 0 unspecified atom stereocenters. The van der Waals surface area contributed by atoms with Gasteiger partial charge in [0.15, 0.2) is 11.6 Å². The van der Waals surface area contributed by atoms with Crippen LogP contribution in [0.2, 0.25) is 0 Å². The van der Waals surface area contributed by atoms with E-state index in [2.05, 4.69) is 0 Å². The lowest BCUT2D eigenvalue weighted by molar-refractivity contribution is 0.195. The Morgan fingerprint density at radius 3 is 2.83 bits per heavy atom. The Kier molecular flexibility index (Phi) is 3.05. The molecule has 0 amide bonds. The molecule has 1 aromatic rings. The lowest BCUT2D eigenvalue weighted by Crippen LogP contribution is -2.04. The Morgan fingerprint density at radius 1 is 1.50 bits per heavy atom. The number of rotatable bonds is 3. The van der Waals surface area contributed by atoms with E-state index < -0.39 is 0 Å². The van der Waals surface area contributed by atoms with E-state index in [1.807, 2.05) is 0 Å². The molecule has 1 N–H and O–H groups in total. The van der Waals surface area contributed by atoms with E-state index in [1.165, 1.54) is 6.07 Å². The minimum absolute atomic E-state index is 0.103. The van der Waals surface area contributed by atoms with Gasteiger partial charge in [-0.3, -0.25) is 0 Å². The van der Waals surface area contributed by atoms with E-state index in [0.717, 1.165) is 5.56 Å². The molecule has 0 aliphatic rings. The maximum atomic E-state index is 13.0. The number of aliphatic hydroxyl groups excluding tert-OH is 1. The van der Waals surface area contributed by atoms with Gasteiger partial charge in [-0.15, -0.1) is 0 Å². The fourth-order valence-corrected chi connectivity index (χ4v) is 0.947. The minimum atomic E-state index is -0.386. The lowest BCUT2D eigenvalue weighted by atomic mass is 10.2. The first-order chi connectivity index (χ1) is 5.75. The summed E-state index contributed by atoms with van der Waals surface area (Å²) in [6.45, 7) is 1.78. The molecule has 0 saturated heterocycles. The third-order valence-corrected chi connectivity index (χ3v) is 1.50. The second-order valence-corrected chi connectivity index (χ2v) is 2.46. The monoisotopic (exact) mass is 170 g/mol. The average Bonchev–Trinajstić information content (AvgIpc) is 2.04. The van der Waals surface area contributed by atoms with Crippen LogP contribution in [0, 0.1) is 12.7 Å². The molecule has 0 aliphatic carbocycles. The molecule has 0 saturated carbocycles. The van der Waals surface area contributed by atoms with E-state index in [0.29, 0.717) is 0 Å². The zero-order valence-electron chi connectivity index (χ0n) is 6.88. The first-order valence-corrected chi connectivity index (χ1v) is 3.74. The van der Waals surface area contributed by atoms with Gasteiger partial charge in [-0.25, -0.2) is 4.39 Å². The highest BCUT2D eigenvalue weighted by Crippen LogP contribution is 2.20. The highest BCUT2D eigenvalue weighted by Gasteiger charge is 2.04. The fraction of sp³-hybridized carbons (Fsp3) is 0.333. The Balaban J connectivity index is 2.81. The summed E-state index contributed by atoms with van der Waals surface area (Å²) in [4.78, 5) is 0. The number of aliphatic hydroxyl groups is 1. The number of aryl methyl sites for hydroxylation is 1. The normalized spacial score (nSPS) is 9.92. The second kappa shape index (κ2) is 4.07. The van der Waals surface area contributed by atoms with Crippen molar-refractivity contribution in [3.63, 3.8) is 0 Å². The summed E-state index contributed by atoms with van der Waals surface area (Å²) in [5.74, 6) is -0.157. The summed E-state index contributed by atoms with van der Waals surface area (Å²) < 4.78 is 18.0. The standard InChI is InChI=1S/C9H11FO2/c1-7-3-2-4-8(10)9(7)12-6-5-11/h2-4,11H,5-6H2,1H3. The molecule has 66 valence electrons. The molecular formula is C9H11FO2. The van der Waals surface area contributed by atoms with E-state index in [4.69, 9.17) is 9.84 Å². The summed E-state index contributed by atoms with van der Waals surface area (Å²) in [5, 5.41) is 8.46. The quantitative estimate of drug-likeness (QED) is 0.745. The molecule has 0 aliphatic heterocycles. The number of halogens is 1. The maximum Gasteiger partial charge on any atom is 0.165 e. The van der Waals surface area contributed by atoms with Crippen molar-refractivity contribution in [2.24, 2.45) is 0 Å². The van der Waals surface area contributed by atoms with Gasteiger partial charge in [-0.2, -0.15) is 0 Å². The van der Waals surface area contributed by atoms with Crippen LogP contribution < -0.4 is 4.74 Å². The summed E-state index contributed by atoms with van der Waals surface area (Å²) in [5.41, 5.74) is 0.739. The zero-order chi connectivity index (χ0) is 8.97. The van der Waals surface area contributed by atoms with E-state index >= 15 is 0 Å². The molecule has 0 spiro atoms. The molecule has 12 heavy (non-hydrogen) atoms. The van der Waals surface area contributed by atoms with Crippen molar-refractivity contribution in [3.8, 4) is 5.75 Å². The van der Waals surface area contributed by atoms with Gasteiger partial charge in [0.05, 0.1) is 6.61 Å². The Bertz CT molecular complexity index is 240. The number of hydrogen-bond acceptors (Lipinski definition) is 2. The molecular weight excluding hydrogens is 159 g/mol. The van der Waals surface area contributed by atoms with E-state index in [-0.39, 0.29) is 24.8 Å². The third kappa shape index (κ3) is 1.95. The summed E-state index contributed by atoms with van der Waals surface area (Å²) >= 11 is 0. The van der Waals surface area contributed by atoms with Crippen LogP contribution in [0.3, 0.4) is 0 Å². The molecule has 0 fully saturated rings. The summed E-state index contributed by atoms with van der Waals surface area (Å²) in [7, 11) is 0. The van der Waals surface area contributed by atoms with Crippen LogP contribution >= 0.6 is 0 Å². The van der Waals surface area contributed by atoms with Crippen molar-refractivity contribution in [2.45, 2.75) is 6.92 Å². The van der Waals surface area contributed by atoms with Crippen molar-refractivity contribution in [1.29, 1.82) is 0 Å². The van der Waals surface area contributed by atoms with Crippen molar-refractivity contribution in [1.82, 2.24) is 0 Å². The first kappa shape index (κ1) is 9.00. The molecule has 0 radical (unpaired) electrons. The Morgan fingerprint density at radius 2 is 2.25 bits per heavy atom. The SMILES string of the molecule is Cc1cccc(F)c1OCCO. The van der Waals surface area contributed by atoms with Crippen LogP contribution in [0.4, 0.5) is 4.39 Å². The fourth-order valence-electron chi connectivity index (χ4n) is 0.947. The number of benzene rings is 1. The van der Waals surface area contributed by atoms with Gasteiger partial charge in [-0.1, -0.05) is 12.1 Å². The van der Waals surface area contributed by atoms with Crippen molar-refractivity contribution < 1.29 is 14.2 Å². The largest absolute Gasteiger partial charge is 0.488 e. The van der Waals surface area contributed by atoms with Gasteiger partial charge in [0.2, 0.25) is 0 Å². The third-order valence-electron chi connectivity index (χ3n) is 1.50. The van der Waals surface area contributed by atoms with Crippen LogP contribution in [0.5, 0.6) is 5.75 Å². The van der Waals surface area contributed by atoms with Crippen LogP contribution in [-0.4, -0.2) is 18.3 Å². The van der Waals surface area contributed by atoms with Crippen LogP contribution in [0.25, 0.3) is 0 Å². The second-order valence-electron chi connectivity index (χ2n) is 2.46. The van der Waals surface area contributed by atoms with Crippen molar-refractivity contribution in [2.75, 3.05) is 13.2 Å².